The van der Waals surface area contributed by atoms with E-state index in [1.54, 1.807) is 0 Å². The lowest BCUT2D eigenvalue weighted by Gasteiger charge is -2.14. The van der Waals surface area contributed by atoms with Gasteiger partial charge in [-0.2, -0.15) is 1.33 Å². The molecule has 1 N–H and O–H groups in total. The van der Waals surface area contributed by atoms with E-state index >= 15 is 0 Å². The molecule has 1 saturated carbocycles. The number of hydrogen-bond donors (Lipinski definition) is 1. The Bertz CT molecular complexity index is 102. The monoisotopic (exact) mass is 464 g/mol. The van der Waals surface area contributed by atoms with Gasteiger partial charge >= 0.3 is 0 Å². The number of rotatable bonds is 3. The van der Waals surface area contributed by atoms with Crippen LogP contribution in [0.4, 0.5) is 0 Å². The van der Waals surface area contributed by atoms with Crippen LogP contribution >= 0.6 is 68.6 Å². The lowest BCUT2D eigenvalue weighted by atomic mass is 10.3. The number of halogens is 3. The second kappa shape index (κ2) is 3.68. The summed E-state index contributed by atoms with van der Waals surface area (Å²) < 4.78 is 5.48. The van der Waals surface area contributed by atoms with Gasteiger partial charge in [0.15, 0.2) is 0 Å². The van der Waals surface area contributed by atoms with E-state index in [2.05, 4.69) is 73.5 Å². The van der Waals surface area contributed by atoms with E-state index in [9.17, 15) is 0 Å². The van der Waals surface area contributed by atoms with E-state index in [-0.39, 0.29) is 0 Å². The fraction of sp³-hybridized carbons (Fsp3) is 1.00. The summed E-state index contributed by atoms with van der Waals surface area (Å²) >= 11 is 6.86. The highest BCUT2D eigenvalue weighted by molar-refractivity contribution is 14.2. The first kappa shape index (κ1) is 9.20. The summed E-state index contributed by atoms with van der Waals surface area (Å²) in [5.41, 5.74) is 0.461. The summed E-state index contributed by atoms with van der Waals surface area (Å²) in [5.74, 6) is 0. The van der Waals surface area contributed by atoms with Crippen molar-refractivity contribution in [3.63, 3.8) is 0 Å². The molecule has 0 aliphatic heterocycles. The van der Waals surface area contributed by atoms with Crippen molar-refractivity contribution in [2.24, 2.45) is 0 Å². The normalized spacial score (nSPS) is 22.7. The Labute approximate surface area is 97.0 Å². The van der Waals surface area contributed by atoms with Crippen LogP contribution in [-0.4, -0.2) is 13.4 Å². The van der Waals surface area contributed by atoms with Gasteiger partial charge in [-0.05, 0) is 12.8 Å². The molecule has 1 rings (SSSR count). The summed E-state index contributed by atoms with van der Waals surface area (Å²) in [7, 11) is 0. The van der Waals surface area contributed by atoms with Gasteiger partial charge in [0.25, 0.3) is 0 Å². The summed E-state index contributed by atoms with van der Waals surface area (Å²) in [5, 5.41) is 0. The first-order valence-corrected chi connectivity index (χ1v) is 5.66. The quantitative estimate of drug-likeness (QED) is 0.511. The highest BCUT2D eigenvalue weighted by Gasteiger charge is 2.42. The highest BCUT2D eigenvalue weighted by Crippen LogP contribution is 2.38. The summed E-state index contributed by atoms with van der Waals surface area (Å²) in [4.78, 5) is 0. The van der Waals surface area contributed by atoms with Crippen LogP contribution in [0.25, 0.3) is 0 Å². The van der Waals surface area contributed by atoms with E-state index < -0.39 is 0 Å². The van der Waals surface area contributed by atoms with Crippen LogP contribution in [0, 0.1) is 0 Å². The van der Waals surface area contributed by atoms with Crippen molar-refractivity contribution >= 4 is 68.6 Å². The van der Waals surface area contributed by atoms with Crippen LogP contribution in [0.1, 0.15) is 12.8 Å². The Kier molecular flexibility index (Phi) is 3.76. The predicted molar refractivity (Wildman–Crippen MR) is 63.9 cm³/mol. The Morgan fingerprint density at radius 3 is 2.11 bits per heavy atom. The van der Waals surface area contributed by atoms with Crippen molar-refractivity contribution < 1.29 is 0 Å². The second-order valence-corrected chi connectivity index (χ2v) is 7.05. The van der Waals surface area contributed by atoms with Crippen molar-refractivity contribution in [2.75, 3.05) is 6.54 Å². The molecule has 0 unspecified atom stereocenters. The Morgan fingerprint density at radius 1 is 1.44 bits per heavy atom. The van der Waals surface area contributed by atoms with E-state index in [1.807, 2.05) is 0 Å². The van der Waals surface area contributed by atoms with E-state index in [1.165, 1.54) is 12.8 Å². The molecule has 0 radical (unpaired) electrons. The topological polar surface area (TPSA) is 15.3 Å². The molecule has 54 valence electrons. The van der Waals surface area contributed by atoms with Gasteiger partial charge in [0.05, 0.1) is 0 Å². The maximum Gasteiger partial charge on any atom is 0.0419 e. The molecule has 0 aromatic rings. The fourth-order valence-electron chi connectivity index (χ4n) is 0.662. The van der Waals surface area contributed by atoms with Crippen molar-refractivity contribution in [3.05, 3.63) is 0 Å². The SMILES string of the molecule is INC1(CN(I)I)CC1. The van der Waals surface area contributed by atoms with E-state index in [0.717, 1.165) is 6.54 Å². The number of nitrogens with zero attached hydrogens (tertiary/aromatic N) is 1. The van der Waals surface area contributed by atoms with Crippen molar-refractivity contribution in [2.45, 2.75) is 18.4 Å². The van der Waals surface area contributed by atoms with E-state index in [4.69, 9.17) is 0 Å². The fourth-order valence-corrected chi connectivity index (χ4v) is 2.68. The van der Waals surface area contributed by atoms with Crippen molar-refractivity contribution in [3.8, 4) is 0 Å². The smallest absolute Gasteiger partial charge is 0.0419 e. The summed E-state index contributed by atoms with van der Waals surface area (Å²) in [6.07, 6.45) is 2.66. The molecule has 0 spiro atoms. The van der Waals surface area contributed by atoms with Gasteiger partial charge in [-0.1, -0.05) is 0 Å². The predicted octanol–water partition coefficient (Wildman–Crippen LogP) is 2.46. The van der Waals surface area contributed by atoms with Gasteiger partial charge in [-0.15, -0.1) is 0 Å². The Balaban J connectivity index is 2.25. The average molecular weight is 464 g/mol. The van der Waals surface area contributed by atoms with Gasteiger partial charge < -0.3 is 0 Å². The van der Waals surface area contributed by atoms with Crippen LogP contribution < -0.4 is 3.53 Å². The van der Waals surface area contributed by atoms with Gasteiger partial charge in [-0.25, -0.2) is 0 Å². The standard InChI is InChI=1S/C4H7I3N2/c5-8-4(1-2-4)3-9(6)7/h8H,1-3H2. The molecule has 1 fully saturated rings. The maximum absolute atomic E-state index is 3.30. The minimum atomic E-state index is 0.461. The molecule has 2 nitrogen and oxygen atoms in total. The molecule has 0 amide bonds. The van der Waals surface area contributed by atoms with E-state index in [0.29, 0.717) is 5.54 Å². The average Bonchev–Trinajstić information content (AvgIpc) is 2.48. The second-order valence-electron chi connectivity index (χ2n) is 2.34. The summed E-state index contributed by atoms with van der Waals surface area (Å²) in [6.45, 7) is 1.15. The van der Waals surface area contributed by atoms with Gasteiger partial charge in [-0.3, -0.25) is 3.53 Å². The van der Waals surface area contributed by atoms with Crippen LogP contribution in [-0.2, 0) is 0 Å². The molecule has 0 heterocycles. The lowest BCUT2D eigenvalue weighted by molar-refractivity contribution is 0.589. The molecular weight excluding hydrogens is 457 g/mol. The van der Waals surface area contributed by atoms with Crippen LogP contribution in [0.15, 0.2) is 0 Å². The van der Waals surface area contributed by atoms with Crippen LogP contribution in [0.3, 0.4) is 0 Å². The third-order valence-corrected chi connectivity index (χ3v) is 3.30. The third-order valence-electron chi connectivity index (χ3n) is 1.48. The van der Waals surface area contributed by atoms with Crippen LogP contribution in [0.5, 0.6) is 0 Å². The Hall–Kier alpha value is 2.11. The Morgan fingerprint density at radius 2 is 2.00 bits per heavy atom. The van der Waals surface area contributed by atoms with Gasteiger partial charge in [0, 0.05) is 80.7 Å². The molecule has 0 atom stereocenters. The number of hydrogen-bond acceptors (Lipinski definition) is 2. The number of nitrogens with one attached hydrogen (secondary N) is 1. The molecule has 0 aromatic heterocycles. The minimum absolute atomic E-state index is 0.461. The zero-order valence-electron chi connectivity index (χ0n) is 4.70. The highest BCUT2D eigenvalue weighted by atomic mass is 127. The maximum atomic E-state index is 3.30. The molecule has 5 heteroatoms. The molecule has 1 aliphatic carbocycles. The third kappa shape index (κ3) is 2.91. The zero-order chi connectivity index (χ0) is 6.91. The van der Waals surface area contributed by atoms with Crippen molar-refractivity contribution in [1.82, 2.24) is 4.86 Å². The lowest BCUT2D eigenvalue weighted by Crippen LogP contribution is -2.30. The molecule has 0 aromatic carbocycles. The molecular formula is C4H7I3N2. The molecule has 9 heavy (non-hydrogen) atoms. The first-order valence-electron chi connectivity index (χ1n) is 2.65. The van der Waals surface area contributed by atoms with Gasteiger partial charge in [0.2, 0.25) is 0 Å². The zero-order valence-corrected chi connectivity index (χ0v) is 11.2. The van der Waals surface area contributed by atoms with Crippen molar-refractivity contribution in [1.29, 1.82) is 0 Å². The molecule has 0 bridgehead atoms. The molecule has 1 aliphatic rings. The largest absolute Gasteiger partial charge is 0.254 e. The van der Waals surface area contributed by atoms with Crippen LogP contribution in [0.2, 0.25) is 0 Å². The summed E-state index contributed by atoms with van der Waals surface area (Å²) in [6, 6.07) is 0. The minimum Gasteiger partial charge on any atom is -0.254 e. The van der Waals surface area contributed by atoms with Gasteiger partial charge in [0.1, 0.15) is 0 Å². The first-order chi connectivity index (χ1) is 4.18. The molecule has 0 saturated heterocycles.